The fourth-order valence-electron chi connectivity index (χ4n) is 2.92. The number of ether oxygens (including phenoxy) is 1. The van der Waals surface area contributed by atoms with Crippen LogP contribution in [0.5, 0.6) is 5.75 Å². The molecule has 0 unspecified atom stereocenters. The monoisotopic (exact) mass is 417 g/mol. The summed E-state index contributed by atoms with van der Waals surface area (Å²) >= 11 is 2.32. The molecule has 0 fully saturated rings. The lowest BCUT2D eigenvalue weighted by Gasteiger charge is -2.06. The molecular weight excluding hydrogens is 401 g/mol. The zero-order valence-electron chi connectivity index (χ0n) is 12.7. The van der Waals surface area contributed by atoms with Crippen LogP contribution in [0.2, 0.25) is 0 Å². The maximum atomic E-state index is 5.24. The van der Waals surface area contributed by atoms with E-state index in [0.717, 1.165) is 41.5 Å². The molecule has 23 heavy (non-hydrogen) atoms. The van der Waals surface area contributed by atoms with Crippen LogP contribution in [-0.4, -0.2) is 23.4 Å². The van der Waals surface area contributed by atoms with Crippen molar-refractivity contribution in [2.24, 2.45) is 0 Å². The second-order valence-corrected chi connectivity index (χ2v) is 6.71. The van der Waals surface area contributed by atoms with Gasteiger partial charge in [-0.3, -0.25) is 0 Å². The van der Waals surface area contributed by atoms with Gasteiger partial charge in [-0.15, -0.1) is 0 Å². The van der Waals surface area contributed by atoms with Gasteiger partial charge in [-0.05, 0) is 77.5 Å². The van der Waals surface area contributed by atoms with Crippen LogP contribution in [0.1, 0.15) is 5.56 Å². The number of fused-ring (bicyclic) bond motifs is 1. The third kappa shape index (κ3) is 2.59. The van der Waals surface area contributed by atoms with Crippen molar-refractivity contribution in [3.63, 3.8) is 0 Å². The smallest absolute Gasteiger partial charge is 0.133 e. The molecule has 1 N–H and O–H groups in total. The first-order valence-corrected chi connectivity index (χ1v) is 8.60. The summed E-state index contributed by atoms with van der Waals surface area (Å²) in [6.45, 7) is 0.959. The first-order valence-electron chi connectivity index (χ1n) is 7.52. The van der Waals surface area contributed by atoms with Crippen molar-refractivity contribution in [1.82, 2.24) is 9.78 Å². The van der Waals surface area contributed by atoms with Crippen LogP contribution in [0.3, 0.4) is 0 Å². The number of halogens is 1. The van der Waals surface area contributed by atoms with Gasteiger partial charge in [0, 0.05) is 21.2 Å². The van der Waals surface area contributed by atoms with E-state index in [1.165, 1.54) is 9.13 Å². The molecule has 0 aliphatic carbocycles. The Bertz CT molecular complexity index is 838. The summed E-state index contributed by atoms with van der Waals surface area (Å²) in [5.74, 6) is 1.97. The molecule has 4 nitrogen and oxygen atoms in total. The Balaban J connectivity index is 1.82. The lowest BCUT2D eigenvalue weighted by atomic mass is 10.1. The number of hydrogen-bond acceptors (Lipinski definition) is 3. The van der Waals surface area contributed by atoms with Crippen molar-refractivity contribution in [3.05, 3.63) is 57.7 Å². The second-order valence-electron chi connectivity index (χ2n) is 5.47. The number of benzene rings is 2. The standard InChI is InChI=1S/C18H16IN3O/c1-23-15-8-2-12(3-9-15)17-16-10-11-20-18(16)22(21-17)14-6-4-13(19)5-7-14/h2-9,20H,10-11H2,1H3. The zero-order chi connectivity index (χ0) is 15.8. The summed E-state index contributed by atoms with van der Waals surface area (Å²) in [4.78, 5) is 0. The Morgan fingerprint density at radius 2 is 1.83 bits per heavy atom. The van der Waals surface area contributed by atoms with E-state index in [-0.39, 0.29) is 0 Å². The van der Waals surface area contributed by atoms with Crippen LogP contribution in [-0.2, 0) is 6.42 Å². The van der Waals surface area contributed by atoms with Gasteiger partial charge >= 0.3 is 0 Å². The van der Waals surface area contributed by atoms with Crippen molar-refractivity contribution in [1.29, 1.82) is 0 Å². The SMILES string of the molecule is COc1ccc(-c2nn(-c3ccc(I)cc3)c3c2CCN3)cc1. The fourth-order valence-corrected chi connectivity index (χ4v) is 3.28. The van der Waals surface area contributed by atoms with Gasteiger partial charge in [0.05, 0.1) is 18.5 Å². The van der Waals surface area contributed by atoms with Gasteiger partial charge in [0.1, 0.15) is 11.6 Å². The zero-order valence-corrected chi connectivity index (χ0v) is 14.9. The molecule has 3 aromatic rings. The molecule has 1 aliphatic heterocycles. The van der Waals surface area contributed by atoms with Crippen molar-refractivity contribution in [2.45, 2.75) is 6.42 Å². The van der Waals surface area contributed by atoms with Crippen LogP contribution in [0.25, 0.3) is 16.9 Å². The fraction of sp³-hybridized carbons (Fsp3) is 0.167. The molecule has 0 atom stereocenters. The van der Waals surface area contributed by atoms with E-state index < -0.39 is 0 Å². The van der Waals surface area contributed by atoms with Crippen LogP contribution < -0.4 is 10.1 Å². The number of rotatable bonds is 3. The number of nitrogens with one attached hydrogen (secondary N) is 1. The lowest BCUT2D eigenvalue weighted by Crippen LogP contribution is -2.04. The van der Waals surface area contributed by atoms with Gasteiger partial charge in [0.25, 0.3) is 0 Å². The third-order valence-corrected chi connectivity index (χ3v) is 4.80. The molecule has 0 saturated heterocycles. The average Bonchev–Trinajstić information content (AvgIpc) is 3.18. The van der Waals surface area contributed by atoms with Gasteiger partial charge in [-0.25, -0.2) is 4.68 Å². The van der Waals surface area contributed by atoms with Crippen molar-refractivity contribution in [2.75, 3.05) is 19.0 Å². The highest BCUT2D eigenvalue weighted by atomic mass is 127. The summed E-state index contributed by atoms with van der Waals surface area (Å²) in [5, 5.41) is 8.34. The molecule has 0 spiro atoms. The minimum absolute atomic E-state index is 0.862. The minimum atomic E-state index is 0.862. The predicted molar refractivity (Wildman–Crippen MR) is 100 cm³/mol. The van der Waals surface area contributed by atoms with E-state index in [4.69, 9.17) is 9.84 Å². The Morgan fingerprint density at radius 3 is 2.52 bits per heavy atom. The summed E-state index contributed by atoms with van der Waals surface area (Å²) < 4.78 is 8.48. The van der Waals surface area contributed by atoms with Crippen molar-refractivity contribution < 1.29 is 4.74 Å². The highest BCUT2D eigenvalue weighted by Crippen LogP contribution is 2.35. The molecular formula is C18H16IN3O. The molecule has 2 aromatic carbocycles. The van der Waals surface area contributed by atoms with E-state index in [2.05, 4.69) is 64.3 Å². The minimum Gasteiger partial charge on any atom is -0.497 e. The number of anilines is 1. The summed E-state index contributed by atoms with van der Waals surface area (Å²) in [5.41, 5.74) is 4.53. The first-order chi connectivity index (χ1) is 11.3. The summed E-state index contributed by atoms with van der Waals surface area (Å²) in [6.07, 6.45) is 1.00. The van der Waals surface area contributed by atoms with E-state index in [9.17, 15) is 0 Å². The van der Waals surface area contributed by atoms with Crippen molar-refractivity contribution >= 4 is 28.4 Å². The lowest BCUT2D eigenvalue weighted by molar-refractivity contribution is 0.415. The predicted octanol–water partition coefficient (Wildman–Crippen LogP) is 4.12. The molecule has 4 rings (SSSR count). The van der Waals surface area contributed by atoms with Crippen LogP contribution in [0.15, 0.2) is 48.5 Å². The quantitative estimate of drug-likeness (QED) is 0.652. The highest BCUT2D eigenvalue weighted by Gasteiger charge is 2.23. The summed E-state index contributed by atoms with van der Waals surface area (Å²) in [6, 6.07) is 16.5. The second kappa shape index (κ2) is 5.88. The first kappa shape index (κ1) is 14.6. The largest absolute Gasteiger partial charge is 0.497 e. The Labute approximate surface area is 148 Å². The number of hydrogen-bond donors (Lipinski definition) is 1. The highest BCUT2D eigenvalue weighted by molar-refractivity contribution is 14.1. The van der Waals surface area contributed by atoms with Gasteiger partial charge in [-0.2, -0.15) is 5.10 Å². The third-order valence-electron chi connectivity index (χ3n) is 4.09. The molecule has 2 heterocycles. The molecule has 5 heteroatoms. The molecule has 0 saturated carbocycles. The topological polar surface area (TPSA) is 39.1 Å². The van der Waals surface area contributed by atoms with Crippen LogP contribution >= 0.6 is 22.6 Å². The van der Waals surface area contributed by atoms with Gasteiger partial charge < -0.3 is 10.1 Å². The number of nitrogens with zero attached hydrogens (tertiary/aromatic N) is 2. The van der Waals surface area contributed by atoms with E-state index in [0.29, 0.717) is 0 Å². The Kier molecular flexibility index (Phi) is 3.72. The van der Waals surface area contributed by atoms with E-state index >= 15 is 0 Å². The maximum Gasteiger partial charge on any atom is 0.133 e. The number of methoxy groups -OCH3 is 1. The Hall–Kier alpha value is -2.02. The molecule has 116 valence electrons. The number of aromatic nitrogens is 2. The van der Waals surface area contributed by atoms with E-state index in [1.807, 2.05) is 16.8 Å². The Morgan fingerprint density at radius 1 is 1.09 bits per heavy atom. The molecule has 0 amide bonds. The average molecular weight is 417 g/mol. The molecule has 1 aromatic heterocycles. The maximum absolute atomic E-state index is 5.24. The van der Waals surface area contributed by atoms with Gasteiger partial charge in [0.2, 0.25) is 0 Å². The van der Waals surface area contributed by atoms with Crippen LogP contribution in [0, 0.1) is 3.57 Å². The van der Waals surface area contributed by atoms with Crippen molar-refractivity contribution in [3.8, 4) is 22.7 Å². The van der Waals surface area contributed by atoms with Gasteiger partial charge in [0.15, 0.2) is 0 Å². The van der Waals surface area contributed by atoms with Gasteiger partial charge in [-0.1, -0.05) is 0 Å². The molecule has 1 aliphatic rings. The van der Waals surface area contributed by atoms with E-state index in [1.54, 1.807) is 7.11 Å². The molecule has 0 bridgehead atoms. The molecule has 0 radical (unpaired) electrons. The summed E-state index contributed by atoms with van der Waals surface area (Å²) in [7, 11) is 1.68. The van der Waals surface area contributed by atoms with Crippen LogP contribution in [0.4, 0.5) is 5.82 Å². The normalized spacial score (nSPS) is 12.8.